The second-order valence-corrected chi connectivity index (χ2v) is 3.33. The van der Waals surface area contributed by atoms with E-state index in [2.05, 4.69) is 5.32 Å². The topological polar surface area (TPSA) is 29.1 Å². The molecule has 0 radical (unpaired) electrons. The number of benzene rings is 1. The van der Waals surface area contributed by atoms with Crippen molar-refractivity contribution in [3.05, 3.63) is 34.6 Å². The van der Waals surface area contributed by atoms with Gasteiger partial charge in [0.2, 0.25) is 5.91 Å². The zero-order valence-electron chi connectivity index (χ0n) is 7.19. The molecule has 0 unspecified atom stereocenters. The molecular formula is C9H8Cl2FNO. The number of hydrogen-bond donors (Lipinski definition) is 1. The van der Waals surface area contributed by atoms with Gasteiger partial charge in [-0.15, -0.1) is 11.6 Å². The average Bonchev–Trinajstić information content (AvgIpc) is 2.19. The molecule has 0 saturated heterocycles. The summed E-state index contributed by atoms with van der Waals surface area (Å²) in [5, 5.41) is 2.59. The number of nitrogens with one attached hydrogen (secondary N) is 1. The van der Waals surface area contributed by atoms with Crippen molar-refractivity contribution in [3.8, 4) is 0 Å². The molecule has 1 aromatic carbocycles. The van der Waals surface area contributed by atoms with Crippen molar-refractivity contribution in [1.29, 1.82) is 0 Å². The number of alkyl halides is 1. The largest absolute Gasteiger partial charge is 0.351 e. The van der Waals surface area contributed by atoms with Crippen molar-refractivity contribution in [3.63, 3.8) is 0 Å². The van der Waals surface area contributed by atoms with Gasteiger partial charge in [-0.25, -0.2) is 4.39 Å². The number of hydrogen-bond acceptors (Lipinski definition) is 1. The molecule has 76 valence electrons. The van der Waals surface area contributed by atoms with Crippen LogP contribution in [0.5, 0.6) is 0 Å². The third-order valence-corrected chi connectivity index (χ3v) is 2.13. The fourth-order valence-electron chi connectivity index (χ4n) is 0.897. The van der Waals surface area contributed by atoms with E-state index in [4.69, 9.17) is 23.2 Å². The molecule has 0 spiro atoms. The van der Waals surface area contributed by atoms with Crippen LogP contribution in [0.3, 0.4) is 0 Å². The normalized spacial score (nSPS) is 9.93. The maximum atomic E-state index is 12.7. The fraction of sp³-hybridized carbons (Fsp3) is 0.222. The van der Waals surface area contributed by atoms with Gasteiger partial charge < -0.3 is 5.32 Å². The molecule has 0 bridgehead atoms. The lowest BCUT2D eigenvalue weighted by Crippen LogP contribution is -2.23. The van der Waals surface area contributed by atoms with E-state index in [-0.39, 0.29) is 16.8 Å². The standard InChI is InChI=1S/C9H8Cl2FNO/c10-4-9(14)13-5-6-1-2-8(12)7(11)3-6/h1-3H,4-5H2,(H,13,14). The minimum atomic E-state index is -0.473. The molecule has 0 saturated carbocycles. The highest BCUT2D eigenvalue weighted by atomic mass is 35.5. The van der Waals surface area contributed by atoms with Gasteiger partial charge in [-0.3, -0.25) is 4.79 Å². The van der Waals surface area contributed by atoms with Gasteiger partial charge in [-0.1, -0.05) is 17.7 Å². The Balaban J connectivity index is 2.60. The summed E-state index contributed by atoms with van der Waals surface area (Å²) in [6.45, 7) is 0.297. The average molecular weight is 236 g/mol. The molecule has 0 fully saturated rings. The van der Waals surface area contributed by atoms with E-state index in [1.165, 1.54) is 12.1 Å². The van der Waals surface area contributed by atoms with E-state index < -0.39 is 5.82 Å². The molecule has 5 heteroatoms. The van der Waals surface area contributed by atoms with Gasteiger partial charge >= 0.3 is 0 Å². The van der Waals surface area contributed by atoms with Crippen LogP contribution in [0.2, 0.25) is 5.02 Å². The van der Waals surface area contributed by atoms with E-state index in [0.29, 0.717) is 6.54 Å². The van der Waals surface area contributed by atoms with Gasteiger partial charge in [0.15, 0.2) is 0 Å². The van der Waals surface area contributed by atoms with E-state index in [0.717, 1.165) is 5.56 Å². The van der Waals surface area contributed by atoms with Crippen molar-refractivity contribution < 1.29 is 9.18 Å². The molecule has 0 aliphatic rings. The Kier molecular flexibility index (Phi) is 4.17. The molecule has 2 nitrogen and oxygen atoms in total. The lowest BCUT2D eigenvalue weighted by molar-refractivity contribution is -0.118. The molecule has 0 atom stereocenters. The third kappa shape index (κ3) is 3.16. The Morgan fingerprint density at radius 2 is 2.21 bits per heavy atom. The summed E-state index contributed by atoms with van der Waals surface area (Å²) in [7, 11) is 0. The quantitative estimate of drug-likeness (QED) is 0.801. The van der Waals surface area contributed by atoms with Crippen LogP contribution in [0.4, 0.5) is 4.39 Å². The van der Waals surface area contributed by atoms with Crippen LogP contribution in [0.25, 0.3) is 0 Å². The molecule has 1 N–H and O–H groups in total. The first-order valence-corrected chi connectivity index (χ1v) is 4.81. The first-order valence-electron chi connectivity index (χ1n) is 3.90. The zero-order chi connectivity index (χ0) is 10.6. The van der Waals surface area contributed by atoms with Crippen LogP contribution < -0.4 is 5.32 Å². The summed E-state index contributed by atoms with van der Waals surface area (Å²) in [5.74, 6) is -0.833. The summed E-state index contributed by atoms with van der Waals surface area (Å²) >= 11 is 10.8. The first-order chi connectivity index (χ1) is 6.63. The molecule has 0 heterocycles. The van der Waals surface area contributed by atoms with Crippen molar-refractivity contribution in [2.75, 3.05) is 5.88 Å². The van der Waals surface area contributed by atoms with Gasteiger partial charge in [-0.05, 0) is 17.7 Å². The summed E-state index contributed by atoms with van der Waals surface area (Å²) in [6, 6.07) is 4.27. The van der Waals surface area contributed by atoms with Crippen LogP contribution in [-0.4, -0.2) is 11.8 Å². The first kappa shape index (κ1) is 11.3. The SMILES string of the molecule is O=C(CCl)NCc1ccc(F)c(Cl)c1. The second-order valence-electron chi connectivity index (χ2n) is 2.66. The monoisotopic (exact) mass is 235 g/mol. The Morgan fingerprint density at radius 1 is 1.50 bits per heavy atom. The van der Waals surface area contributed by atoms with Crippen molar-refractivity contribution >= 4 is 29.1 Å². The predicted molar refractivity (Wildman–Crippen MR) is 54.0 cm³/mol. The molecule has 0 aliphatic carbocycles. The third-order valence-electron chi connectivity index (χ3n) is 1.60. The summed E-state index contributed by atoms with van der Waals surface area (Å²) in [4.78, 5) is 10.8. The van der Waals surface area contributed by atoms with Crippen molar-refractivity contribution in [1.82, 2.24) is 5.32 Å². The predicted octanol–water partition coefficient (Wildman–Crippen LogP) is 2.33. The number of carbonyl (C=O) groups is 1. The van der Waals surface area contributed by atoms with E-state index in [9.17, 15) is 9.18 Å². The Labute approximate surface area is 91.0 Å². The molecule has 1 amide bonds. The van der Waals surface area contributed by atoms with Crippen LogP contribution >= 0.6 is 23.2 Å². The Hall–Kier alpha value is -0.800. The van der Waals surface area contributed by atoms with Gasteiger partial charge in [0, 0.05) is 6.54 Å². The van der Waals surface area contributed by atoms with E-state index >= 15 is 0 Å². The fourth-order valence-corrected chi connectivity index (χ4v) is 1.20. The number of rotatable bonds is 3. The smallest absolute Gasteiger partial charge is 0.235 e. The highest BCUT2D eigenvalue weighted by Crippen LogP contribution is 2.15. The number of amides is 1. The summed E-state index contributed by atoms with van der Waals surface area (Å²) in [5.41, 5.74) is 0.731. The van der Waals surface area contributed by atoms with Gasteiger partial charge in [0.1, 0.15) is 11.7 Å². The van der Waals surface area contributed by atoms with Crippen LogP contribution in [0.15, 0.2) is 18.2 Å². The summed E-state index contributed by atoms with van der Waals surface area (Å²) < 4.78 is 12.7. The van der Waals surface area contributed by atoms with Crippen LogP contribution in [0.1, 0.15) is 5.56 Å². The maximum absolute atomic E-state index is 12.7. The molecule has 14 heavy (non-hydrogen) atoms. The molecule has 0 aliphatic heterocycles. The van der Waals surface area contributed by atoms with Crippen LogP contribution in [-0.2, 0) is 11.3 Å². The minimum absolute atomic E-state index is 0.0441. The Bertz CT molecular complexity index is 344. The van der Waals surface area contributed by atoms with E-state index in [1.54, 1.807) is 6.07 Å². The van der Waals surface area contributed by atoms with Crippen molar-refractivity contribution in [2.24, 2.45) is 0 Å². The number of carbonyl (C=O) groups excluding carboxylic acids is 1. The van der Waals surface area contributed by atoms with E-state index in [1.807, 2.05) is 0 Å². The van der Waals surface area contributed by atoms with Gasteiger partial charge in [0.25, 0.3) is 0 Å². The van der Waals surface area contributed by atoms with Crippen molar-refractivity contribution in [2.45, 2.75) is 6.54 Å². The molecular weight excluding hydrogens is 228 g/mol. The number of halogens is 3. The molecule has 0 aromatic heterocycles. The van der Waals surface area contributed by atoms with Crippen LogP contribution in [0, 0.1) is 5.82 Å². The lowest BCUT2D eigenvalue weighted by atomic mass is 10.2. The lowest BCUT2D eigenvalue weighted by Gasteiger charge is -2.03. The second kappa shape index (κ2) is 5.17. The van der Waals surface area contributed by atoms with Gasteiger partial charge in [0.05, 0.1) is 5.02 Å². The molecule has 1 aromatic rings. The maximum Gasteiger partial charge on any atom is 0.235 e. The highest BCUT2D eigenvalue weighted by molar-refractivity contribution is 6.30. The van der Waals surface area contributed by atoms with Gasteiger partial charge in [-0.2, -0.15) is 0 Å². The molecule has 1 rings (SSSR count). The highest BCUT2D eigenvalue weighted by Gasteiger charge is 2.02. The Morgan fingerprint density at radius 3 is 2.79 bits per heavy atom. The summed E-state index contributed by atoms with van der Waals surface area (Å²) in [6.07, 6.45) is 0. The zero-order valence-corrected chi connectivity index (χ0v) is 8.70. The minimum Gasteiger partial charge on any atom is -0.351 e.